The molecule has 0 aliphatic carbocycles. The summed E-state index contributed by atoms with van der Waals surface area (Å²) in [5.41, 5.74) is 2.41. The minimum Gasteiger partial charge on any atom is -0.494 e. The summed E-state index contributed by atoms with van der Waals surface area (Å²) in [5.74, 6) is 1.37. The lowest BCUT2D eigenvalue weighted by atomic mass is 10.2. The maximum Gasteiger partial charge on any atom is 0.256 e. The number of nitrogens with one attached hydrogen (secondary N) is 1. The first-order chi connectivity index (χ1) is 14.8. The summed E-state index contributed by atoms with van der Waals surface area (Å²) in [6.07, 6.45) is 6.39. The van der Waals surface area contributed by atoms with Crippen LogP contribution in [0.4, 0.5) is 0 Å². The molecule has 0 aliphatic rings. The van der Waals surface area contributed by atoms with Crippen LogP contribution >= 0.6 is 0 Å². The van der Waals surface area contributed by atoms with Gasteiger partial charge >= 0.3 is 0 Å². The molecule has 2 heterocycles. The Kier molecular flexibility index (Phi) is 5.94. The number of hydrogen-bond acceptors (Lipinski definition) is 3. The predicted octanol–water partition coefficient (Wildman–Crippen LogP) is 4.38. The smallest absolute Gasteiger partial charge is 0.256 e. The fraction of sp³-hybridized carbons (Fsp3) is 0.167. The lowest BCUT2D eigenvalue weighted by molar-refractivity contribution is 0.0951. The highest BCUT2D eigenvalue weighted by molar-refractivity contribution is 5.97. The van der Waals surface area contributed by atoms with E-state index in [4.69, 9.17) is 4.74 Å². The summed E-state index contributed by atoms with van der Waals surface area (Å²) in [6.45, 7) is 3.20. The van der Waals surface area contributed by atoms with Gasteiger partial charge in [-0.1, -0.05) is 37.3 Å². The quantitative estimate of drug-likeness (QED) is 0.477. The van der Waals surface area contributed by atoms with E-state index in [1.807, 2.05) is 83.7 Å². The first kappa shape index (κ1) is 19.5. The van der Waals surface area contributed by atoms with Crippen molar-refractivity contribution in [2.45, 2.75) is 19.9 Å². The van der Waals surface area contributed by atoms with E-state index in [0.29, 0.717) is 24.5 Å². The molecule has 0 bridgehead atoms. The second-order valence-electron chi connectivity index (χ2n) is 6.89. The molecule has 4 aromatic rings. The predicted molar refractivity (Wildman–Crippen MR) is 116 cm³/mol. The maximum atomic E-state index is 13.0. The Morgan fingerprint density at radius 1 is 1.00 bits per heavy atom. The molecule has 0 saturated heterocycles. The minimum absolute atomic E-state index is 0.174. The van der Waals surface area contributed by atoms with E-state index in [1.54, 1.807) is 10.9 Å². The highest BCUT2D eigenvalue weighted by atomic mass is 16.5. The monoisotopic (exact) mass is 400 g/mol. The first-order valence-electron chi connectivity index (χ1n) is 10.0. The molecule has 6 nitrogen and oxygen atoms in total. The molecule has 6 heteroatoms. The van der Waals surface area contributed by atoms with Crippen molar-refractivity contribution in [2.24, 2.45) is 0 Å². The molecule has 4 rings (SSSR count). The molecule has 0 radical (unpaired) electrons. The minimum atomic E-state index is -0.174. The van der Waals surface area contributed by atoms with Crippen LogP contribution in [-0.4, -0.2) is 26.9 Å². The standard InChI is InChI=1S/C24H24N4O2/c1-2-16-30-21-12-10-19(11-13-21)17-25-23(29)22-18-26-28(20-8-4-3-5-9-20)24(22)27-14-6-7-15-27/h3-15,18H,2,16-17H2,1H3,(H,25,29). The third-order valence-electron chi connectivity index (χ3n) is 4.69. The van der Waals surface area contributed by atoms with Crippen LogP contribution in [0, 0.1) is 0 Å². The Morgan fingerprint density at radius 3 is 2.43 bits per heavy atom. The number of aromatic nitrogens is 3. The normalized spacial score (nSPS) is 10.7. The van der Waals surface area contributed by atoms with Gasteiger partial charge in [0.05, 0.1) is 18.5 Å². The Bertz CT molecular complexity index is 1080. The molecule has 2 aromatic heterocycles. The van der Waals surface area contributed by atoms with Gasteiger partial charge in [-0.2, -0.15) is 5.10 Å². The van der Waals surface area contributed by atoms with Gasteiger partial charge in [0, 0.05) is 18.9 Å². The molecule has 0 spiro atoms. The summed E-state index contributed by atoms with van der Waals surface area (Å²) < 4.78 is 9.28. The van der Waals surface area contributed by atoms with Gasteiger partial charge in [-0.25, -0.2) is 4.68 Å². The molecule has 0 aliphatic heterocycles. The van der Waals surface area contributed by atoms with E-state index in [1.165, 1.54) is 0 Å². The van der Waals surface area contributed by atoms with Gasteiger partial charge in [0.25, 0.3) is 5.91 Å². The molecule has 152 valence electrons. The Hall–Kier alpha value is -3.80. The van der Waals surface area contributed by atoms with E-state index in [9.17, 15) is 4.79 Å². The van der Waals surface area contributed by atoms with Crippen LogP contribution in [0.1, 0.15) is 29.3 Å². The third-order valence-corrected chi connectivity index (χ3v) is 4.69. The summed E-state index contributed by atoms with van der Waals surface area (Å²) >= 11 is 0. The van der Waals surface area contributed by atoms with Crippen molar-refractivity contribution in [3.8, 4) is 17.3 Å². The number of para-hydroxylation sites is 1. The van der Waals surface area contributed by atoms with Crippen molar-refractivity contribution in [3.63, 3.8) is 0 Å². The van der Waals surface area contributed by atoms with E-state index in [-0.39, 0.29) is 5.91 Å². The number of rotatable bonds is 8. The highest BCUT2D eigenvalue weighted by Gasteiger charge is 2.19. The number of ether oxygens (including phenoxy) is 1. The van der Waals surface area contributed by atoms with Crippen LogP contribution in [0.2, 0.25) is 0 Å². The molecular weight excluding hydrogens is 376 g/mol. The molecule has 0 atom stereocenters. The van der Waals surface area contributed by atoms with Crippen molar-refractivity contribution < 1.29 is 9.53 Å². The molecule has 1 N–H and O–H groups in total. The SMILES string of the molecule is CCCOc1ccc(CNC(=O)c2cnn(-c3ccccc3)c2-n2cccc2)cc1. The van der Waals surface area contributed by atoms with Crippen molar-refractivity contribution in [1.29, 1.82) is 0 Å². The average Bonchev–Trinajstić information content (AvgIpc) is 3.47. The van der Waals surface area contributed by atoms with E-state index >= 15 is 0 Å². The first-order valence-corrected chi connectivity index (χ1v) is 10.0. The lowest BCUT2D eigenvalue weighted by Gasteiger charge is -2.11. The maximum absolute atomic E-state index is 13.0. The van der Waals surface area contributed by atoms with Gasteiger partial charge in [-0.15, -0.1) is 0 Å². The van der Waals surface area contributed by atoms with Gasteiger partial charge in [0.1, 0.15) is 11.3 Å². The Morgan fingerprint density at radius 2 is 1.73 bits per heavy atom. The second kappa shape index (κ2) is 9.13. The zero-order chi connectivity index (χ0) is 20.8. The molecule has 2 aromatic carbocycles. The van der Waals surface area contributed by atoms with Crippen LogP contribution in [0.15, 0.2) is 85.3 Å². The van der Waals surface area contributed by atoms with Crippen molar-refractivity contribution >= 4 is 5.91 Å². The number of benzene rings is 2. The van der Waals surface area contributed by atoms with Gasteiger partial charge in [-0.3, -0.25) is 4.79 Å². The Balaban J connectivity index is 1.54. The molecular formula is C24H24N4O2. The lowest BCUT2D eigenvalue weighted by Crippen LogP contribution is -2.24. The fourth-order valence-corrected chi connectivity index (χ4v) is 3.19. The Labute approximate surface area is 175 Å². The average molecular weight is 400 g/mol. The second-order valence-corrected chi connectivity index (χ2v) is 6.89. The fourth-order valence-electron chi connectivity index (χ4n) is 3.19. The molecule has 0 saturated carbocycles. The van der Waals surface area contributed by atoms with Crippen LogP contribution in [0.5, 0.6) is 5.75 Å². The summed E-state index contributed by atoms with van der Waals surface area (Å²) in [5, 5.41) is 7.48. The van der Waals surface area contributed by atoms with Gasteiger partial charge in [0.15, 0.2) is 5.82 Å². The zero-order valence-corrected chi connectivity index (χ0v) is 16.9. The van der Waals surface area contributed by atoms with Crippen molar-refractivity contribution in [3.05, 3.63) is 96.4 Å². The zero-order valence-electron chi connectivity index (χ0n) is 16.9. The molecule has 30 heavy (non-hydrogen) atoms. The molecule has 0 fully saturated rings. The third kappa shape index (κ3) is 4.27. The summed E-state index contributed by atoms with van der Waals surface area (Å²) in [7, 11) is 0. The van der Waals surface area contributed by atoms with E-state index in [0.717, 1.165) is 23.4 Å². The van der Waals surface area contributed by atoms with E-state index < -0.39 is 0 Å². The van der Waals surface area contributed by atoms with Gasteiger partial charge in [-0.05, 0) is 48.4 Å². The number of amides is 1. The number of hydrogen-bond donors (Lipinski definition) is 1. The van der Waals surface area contributed by atoms with E-state index in [2.05, 4.69) is 17.3 Å². The van der Waals surface area contributed by atoms with Gasteiger partial charge < -0.3 is 14.6 Å². The topological polar surface area (TPSA) is 61.1 Å². The van der Waals surface area contributed by atoms with Crippen LogP contribution in [-0.2, 0) is 6.54 Å². The largest absolute Gasteiger partial charge is 0.494 e. The van der Waals surface area contributed by atoms with Crippen LogP contribution in [0.25, 0.3) is 11.5 Å². The molecule has 0 unspecified atom stereocenters. The number of carbonyl (C=O) groups is 1. The van der Waals surface area contributed by atoms with Crippen LogP contribution < -0.4 is 10.1 Å². The number of carbonyl (C=O) groups excluding carboxylic acids is 1. The van der Waals surface area contributed by atoms with Crippen molar-refractivity contribution in [2.75, 3.05) is 6.61 Å². The van der Waals surface area contributed by atoms with Crippen molar-refractivity contribution in [1.82, 2.24) is 19.7 Å². The van der Waals surface area contributed by atoms with Crippen LogP contribution in [0.3, 0.4) is 0 Å². The highest BCUT2D eigenvalue weighted by Crippen LogP contribution is 2.20. The summed E-state index contributed by atoms with van der Waals surface area (Å²) in [4.78, 5) is 13.0. The van der Waals surface area contributed by atoms with Gasteiger partial charge in [0.2, 0.25) is 0 Å². The summed E-state index contributed by atoms with van der Waals surface area (Å²) in [6, 6.07) is 21.4. The molecule has 1 amide bonds. The number of nitrogens with zero attached hydrogens (tertiary/aromatic N) is 3.